The molecule has 0 saturated carbocycles. The Hall–Kier alpha value is -2.14. The van der Waals surface area contributed by atoms with Crippen molar-refractivity contribution in [2.24, 2.45) is 0 Å². The van der Waals surface area contributed by atoms with Crippen LogP contribution in [-0.4, -0.2) is 65.1 Å². The van der Waals surface area contributed by atoms with E-state index in [0.29, 0.717) is 16.5 Å². The highest BCUT2D eigenvalue weighted by Crippen LogP contribution is 2.29. The van der Waals surface area contributed by atoms with E-state index < -0.39 is 0 Å². The van der Waals surface area contributed by atoms with Gasteiger partial charge in [0.1, 0.15) is 0 Å². The van der Waals surface area contributed by atoms with Crippen LogP contribution in [0, 0.1) is 0 Å². The van der Waals surface area contributed by atoms with Crippen LogP contribution in [0.25, 0.3) is 10.9 Å². The average Bonchev–Trinajstić information content (AvgIpc) is 3.56. The standard InChI is InChI=1S/C12H15N.C10H14.2C9H19N.C5H11N.C3H8.CH4/c1-12(2,3)10-8-13-11-7-5-4-6-9(10)11;1-10(2,3)9-7-5-4-6-8-9;2*1-9(2,3)10-7-5-4-6-8-10;1-2-4-6-5-3-1;1-3-2;/h4-8,13H,1-3H3;4-8H,1-3H3;2*4-8H2,1-3H3;6H,1-5H2;3H2,1-2H3;1H4. The van der Waals surface area contributed by atoms with Crippen LogP contribution in [-0.2, 0) is 10.8 Å². The van der Waals surface area contributed by atoms with Gasteiger partial charge in [-0.3, -0.25) is 9.80 Å². The second-order valence-corrected chi connectivity index (χ2v) is 19.1. The lowest BCUT2D eigenvalue weighted by Crippen LogP contribution is -2.44. The number of benzene rings is 2. The maximum absolute atomic E-state index is 3.29. The van der Waals surface area contributed by atoms with E-state index in [9.17, 15) is 0 Å². The van der Waals surface area contributed by atoms with Gasteiger partial charge in [-0.25, -0.2) is 0 Å². The monoisotopic (exact) mass is 735 g/mol. The van der Waals surface area contributed by atoms with E-state index in [4.69, 9.17) is 0 Å². The molecule has 3 aromatic rings. The first kappa shape index (κ1) is 50.9. The summed E-state index contributed by atoms with van der Waals surface area (Å²) < 4.78 is 0. The summed E-state index contributed by atoms with van der Waals surface area (Å²) in [5, 5.41) is 4.63. The summed E-state index contributed by atoms with van der Waals surface area (Å²) in [7, 11) is 0. The second-order valence-electron chi connectivity index (χ2n) is 19.1. The molecule has 2 N–H and O–H groups in total. The van der Waals surface area contributed by atoms with Crippen molar-refractivity contribution in [1.82, 2.24) is 20.1 Å². The molecule has 4 nitrogen and oxygen atoms in total. The highest BCUT2D eigenvalue weighted by molar-refractivity contribution is 5.84. The summed E-state index contributed by atoms with van der Waals surface area (Å²) in [4.78, 5) is 8.45. The minimum Gasteiger partial charge on any atom is -0.361 e. The molecule has 0 atom stereocenters. The lowest BCUT2D eigenvalue weighted by molar-refractivity contribution is 0.110. The quantitative estimate of drug-likeness (QED) is 0.241. The van der Waals surface area contributed by atoms with E-state index in [0.717, 1.165) is 0 Å². The van der Waals surface area contributed by atoms with Crippen LogP contribution in [0.5, 0.6) is 0 Å². The van der Waals surface area contributed by atoms with Gasteiger partial charge in [0.2, 0.25) is 0 Å². The zero-order valence-electron chi connectivity index (χ0n) is 37.0. The van der Waals surface area contributed by atoms with Crippen molar-refractivity contribution in [3.8, 4) is 0 Å². The van der Waals surface area contributed by atoms with E-state index in [1.54, 1.807) is 0 Å². The molecule has 0 aliphatic carbocycles. The van der Waals surface area contributed by atoms with Gasteiger partial charge >= 0.3 is 0 Å². The second kappa shape index (κ2) is 25.8. The molecule has 3 aliphatic heterocycles. The van der Waals surface area contributed by atoms with Gasteiger partial charge in [0, 0.05) is 28.2 Å². The van der Waals surface area contributed by atoms with Crippen molar-refractivity contribution in [2.45, 2.75) is 190 Å². The molecule has 0 spiro atoms. The van der Waals surface area contributed by atoms with Gasteiger partial charge in [-0.05, 0) is 147 Å². The van der Waals surface area contributed by atoms with Gasteiger partial charge < -0.3 is 10.3 Å². The first-order valence-corrected chi connectivity index (χ1v) is 21.1. The Bertz CT molecular complexity index is 1220. The number of likely N-dealkylation sites (tertiary alicyclic amines) is 2. The number of piperidine rings is 3. The van der Waals surface area contributed by atoms with Crippen LogP contribution in [0.4, 0.5) is 0 Å². The van der Waals surface area contributed by atoms with Gasteiger partial charge in [0.25, 0.3) is 0 Å². The third-order valence-electron chi connectivity index (χ3n) is 9.85. The third-order valence-corrected chi connectivity index (χ3v) is 9.85. The molecule has 1 aromatic heterocycles. The largest absolute Gasteiger partial charge is 0.361 e. The van der Waals surface area contributed by atoms with Gasteiger partial charge in [-0.1, -0.05) is 137 Å². The summed E-state index contributed by atoms with van der Waals surface area (Å²) in [6, 6.07) is 19.0. The minimum absolute atomic E-state index is 0. The highest BCUT2D eigenvalue weighted by Gasteiger charge is 2.23. The van der Waals surface area contributed by atoms with Gasteiger partial charge in [0.05, 0.1) is 0 Å². The van der Waals surface area contributed by atoms with E-state index in [-0.39, 0.29) is 12.8 Å². The normalized spacial score (nSPS) is 16.9. The maximum atomic E-state index is 3.29. The Labute approximate surface area is 331 Å². The number of H-pyrrole nitrogens is 1. The van der Waals surface area contributed by atoms with Crippen molar-refractivity contribution in [1.29, 1.82) is 0 Å². The van der Waals surface area contributed by atoms with Crippen molar-refractivity contribution >= 4 is 10.9 Å². The van der Waals surface area contributed by atoms with Gasteiger partial charge in [-0.15, -0.1) is 0 Å². The summed E-state index contributed by atoms with van der Waals surface area (Å²) >= 11 is 0. The molecule has 3 aliphatic rings. The maximum Gasteiger partial charge on any atom is 0.0456 e. The Morgan fingerprint density at radius 2 is 0.906 bits per heavy atom. The molecule has 0 unspecified atom stereocenters. The number of aromatic nitrogens is 1. The fourth-order valence-corrected chi connectivity index (χ4v) is 6.56. The molecule has 306 valence electrons. The predicted octanol–water partition coefficient (Wildman–Crippen LogP) is 13.8. The molecular formula is C49H90N4. The SMILES string of the molecule is C.C1CCNCC1.CC(C)(C)N1CCCCC1.CC(C)(C)N1CCCCC1.CC(C)(C)c1c[nH]c2ccccc12.CC(C)(C)c1ccccc1.CCC. The number of para-hydroxylation sites is 1. The summed E-state index contributed by atoms with van der Waals surface area (Å²) in [5.41, 5.74) is 5.34. The molecule has 53 heavy (non-hydrogen) atoms. The fraction of sp³-hybridized carbons (Fsp3) is 0.714. The van der Waals surface area contributed by atoms with Gasteiger partial charge in [-0.2, -0.15) is 0 Å². The molecule has 0 amide bonds. The Kier molecular flexibility index (Phi) is 24.8. The highest BCUT2D eigenvalue weighted by atomic mass is 15.2. The minimum atomic E-state index is 0. The fourth-order valence-electron chi connectivity index (χ4n) is 6.56. The molecule has 3 saturated heterocycles. The van der Waals surface area contributed by atoms with E-state index >= 15 is 0 Å². The van der Waals surface area contributed by atoms with Crippen LogP contribution >= 0.6 is 0 Å². The van der Waals surface area contributed by atoms with Gasteiger partial charge in [0.15, 0.2) is 0 Å². The topological polar surface area (TPSA) is 34.3 Å². The summed E-state index contributed by atoms with van der Waals surface area (Å²) in [6.07, 6.45) is 16.1. The smallest absolute Gasteiger partial charge is 0.0456 e. The molecular weight excluding hydrogens is 645 g/mol. The molecule has 6 rings (SSSR count). The summed E-state index contributed by atoms with van der Waals surface area (Å²) in [5.74, 6) is 0. The van der Waals surface area contributed by atoms with E-state index in [2.05, 4.69) is 178 Å². The molecule has 4 heteroatoms. The lowest BCUT2D eigenvalue weighted by atomic mass is 9.87. The van der Waals surface area contributed by atoms with Crippen LogP contribution in [0.15, 0.2) is 60.8 Å². The molecule has 0 bridgehead atoms. The Balaban J connectivity index is 0.000000632. The Morgan fingerprint density at radius 3 is 1.21 bits per heavy atom. The van der Waals surface area contributed by atoms with Crippen LogP contribution in [0.1, 0.15) is 180 Å². The number of fused-ring (bicyclic) bond motifs is 1. The lowest BCUT2D eigenvalue weighted by Gasteiger charge is -2.38. The van der Waals surface area contributed by atoms with Crippen LogP contribution in [0.2, 0.25) is 0 Å². The first-order valence-electron chi connectivity index (χ1n) is 21.1. The molecule has 2 aromatic carbocycles. The Morgan fingerprint density at radius 1 is 0.509 bits per heavy atom. The third kappa shape index (κ3) is 22.1. The molecule has 3 fully saturated rings. The van der Waals surface area contributed by atoms with Crippen molar-refractivity contribution < 1.29 is 0 Å². The van der Waals surface area contributed by atoms with Crippen molar-refractivity contribution in [2.75, 3.05) is 39.3 Å². The number of hydrogen-bond donors (Lipinski definition) is 2. The number of rotatable bonds is 0. The average molecular weight is 735 g/mol. The van der Waals surface area contributed by atoms with Crippen molar-refractivity contribution in [3.05, 3.63) is 71.9 Å². The molecule has 0 radical (unpaired) electrons. The van der Waals surface area contributed by atoms with Crippen LogP contribution in [0.3, 0.4) is 0 Å². The van der Waals surface area contributed by atoms with Crippen LogP contribution < -0.4 is 5.32 Å². The van der Waals surface area contributed by atoms with Crippen molar-refractivity contribution in [3.63, 3.8) is 0 Å². The molecule has 4 heterocycles. The number of nitrogens with one attached hydrogen (secondary N) is 2. The zero-order chi connectivity index (χ0) is 39.3. The number of hydrogen-bond acceptors (Lipinski definition) is 3. The van der Waals surface area contributed by atoms with E-state index in [1.807, 2.05) is 0 Å². The van der Waals surface area contributed by atoms with E-state index in [1.165, 1.54) is 126 Å². The zero-order valence-corrected chi connectivity index (χ0v) is 37.0. The number of nitrogens with zero attached hydrogens (tertiary/aromatic N) is 2. The summed E-state index contributed by atoms with van der Waals surface area (Å²) in [6.45, 7) is 39.2. The predicted molar refractivity (Wildman–Crippen MR) is 242 cm³/mol. The number of aromatic amines is 1. The first-order chi connectivity index (χ1) is 24.3.